The van der Waals surface area contributed by atoms with Gasteiger partial charge in [0.1, 0.15) is 17.4 Å². The topological polar surface area (TPSA) is 95.3 Å². The van der Waals surface area contributed by atoms with Gasteiger partial charge in [0.05, 0.1) is 18.4 Å². The number of methoxy groups -OCH3 is 1. The molecular weight excluding hydrogens is 472 g/mol. The lowest BCUT2D eigenvalue weighted by molar-refractivity contribution is -0.113. The highest BCUT2D eigenvalue weighted by molar-refractivity contribution is 7.99. The number of fused-ring (bicyclic) bond motifs is 1. The fourth-order valence-electron chi connectivity index (χ4n) is 3.38. The molecule has 0 unspecified atom stereocenters. The molecule has 4 rings (SSSR count). The number of halogens is 1. The van der Waals surface area contributed by atoms with Gasteiger partial charge in [0.2, 0.25) is 5.91 Å². The summed E-state index contributed by atoms with van der Waals surface area (Å²) in [6, 6.07) is 7.06. The minimum absolute atomic E-state index is 0.132. The maximum absolute atomic E-state index is 12.6. The molecule has 1 aliphatic carbocycles. The van der Waals surface area contributed by atoms with Crippen LogP contribution < -0.4 is 10.1 Å². The number of hydrogen-bond acceptors (Lipinski definition) is 8. The van der Waals surface area contributed by atoms with Crippen LogP contribution in [0.4, 0.5) is 5.00 Å². The van der Waals surface area contributed by atoms with Gasteiger partial charge in [-0.25, -0.2) is 4.79 Å². The third-order valence-corrected chi connectivity index (χ3v) is 7.48. The predicted molar refractivity (Wildman–Crippen MR) is 124 cm³/mol. The summed E-state index contributed by atoms with van der Waals surface area (Å²) in [6.45, 7) is 0.237. The largest absolute Gasteiger partial charge is 0.486 e. The summed E-state index contributed by atoms with van der Waals surface area (Å²) < 4.78 is 12.4. The second kappa shape index (κ2) is 9.93. The molecule has 0 fully saturated rings. The van der Waals surface area contributed by atoms with Crippen molar-refractivity contribution in [3.63, 3.8) is 0 Å². The Hall–Kier alpha value is -2.56. The molecule has 1 aromatic carbocycles. The highest BCUT2D eigenvalue weighted by Gasteiger charge is 2.28. The molecule has 32 heavy (non-hydrogen) atoms. The number of aromatic nitrogens is 3. The molecule has 0 aliphatic heterocycles. The molecule has 0 atom stereocenters. The Morgan fingerprint density at radius 3 is 2.78 bits per heavy atom. The van der Waals surface area contributed by atoms with E-state index in [4.69, 9.17) is 21.1 Å². The summed E-state index contributed by atoms with van der Waals surface area (Å²) in [5.41, 5.74) is 1.49. The van der Waals surface area contributed by atoms with Crippen molar-refractivity contribution in [1.82, 2.24) is 14.8 Å². The first-order valence-corrected chi connectivity index (χ1v) is 12.1. The van der Waals surface area contributed by atoms with Crippen LogP contribution in [0.5, 0.6) is 5.75 Å². The molecule has 0 saturated carbocycles. The van der Waals surface area contributed by atoms with Crippen LogP contribution in [0.25, 0.3) is 0 Å². The number of nitrogens with one attached hydrogen (secondary N) is 1. The van der Waals surface area contributed by atoms with E-state index in [1.54, 1.807) is 28.8 Å². The first-order chi connectivity index (χ1) is 15.5. The molecule has 0 saturated heterocycles. The number of carbonyl (C=O) groups excluding carboxylic acids is 2. The van der Waals surface area contributed by atoms with E-state index >= 15 is 0 Å². The lowest BCUT2D eigenvalue weighted by atomic mass is 10.1. The van der Waals surface area contributed by atoms with Crippen molar-refractivity contribution in [3.8, 4) is 5.75 Å². The summed E-state index contributed by atoms with van der Waals surface area (Å²) >= 11 is 8.60. The van der Waals surface area contributed by atoms with Gasteiger partial charge in [-0.2, -0.15) is 0 Å². The number of rotatable bonds is 8. The van der Waals surface area contributed by atoms with E-state index in [0.717, 1.165) is 29.7 Å². The second-order valence-corrected chi connectivity index (χ2v) is 9.57. The van der Waals surface area contributed by atoms with Crippen LogP contribution in [0.1, 0.15) is 33.0 Å². The maximum atomic E-state index is 12.6. The lowest BCUT2D eigenvalue weighted by Crippen LogP contribution is -2.16. The molecule has 0 radical (unpaired) electrons. The second-order valence-electron chi connectivity index (χ2n) is 7.09. The van der Waals surface area contributed by atoms with Crippen molar-refractivity contribution in [2.24, 2.45) is 7.05 Å². The predicted octanol–water partition coefficient (Wildman–Crippen LogP) is 4.12. The number of amides is 1. The molecule has 168 valence electrons. The third kappa shape index (κ3) is 4.92. The number of esters is 1. The average Bonchev–Trinajstić information content (AvgIpc) is 3.46. The summed E-state index contributed by atoms with van der Waals surface area (Å²) in [7, 11) is 3.17. The van der Waals surface area contributed by atoms with Gasteiger partial charge < -0.3 is 19.4 Å². The van der Waals surface area contributed by atoms with Crippen molar-refractivity contribution in [1.29, 1.82) is 0 Å². The minimum atomic E-state index is -0.411. The molecule has 1 amide bonds. The molecule has 1 N–H and O–H groups in total. The molecule has 11 heteroatoms. The average molecular weight is 493 g/mol. The molecular formula is C21H21ClN4O4S2. The number of carbonyl (C=O) groups is 2. The molecule has 0 bridgehead atoms. The molecule has 1 aliphatic rings. The van der Waals surface area contributed by atoms with Crippen molar-refractivity contribution in [2.45, 2.75) is 31.0 Å². The van der Waals surface area contributed by atoms with E-state index in [2.05, 4.69) is 15.5 Å². The van der Waals surface area contributed by atoms with Gasteiger partial charge in [0.25, 0.3) is 0 Å². The van der Waals surface area contributed by atoms with Gasteiger partial charge in [0, 0.05) is 16.9 Å². The number of hydrogen-bond donors (Lipinski definition) is 1. The lowest BCUT2D eigenvalue weighted by Gasteiger charge is -2.08. The van der Waals surface area contributed by atoms with Gasteiger partial charge in [0.15, 0.2) is 11.0 Å². The minimum Gasteiger partial charge on any atom is -0.486 e. The van der Waals surface area contributed by atoms with Crippen LogP contribution >= 0.6 is 34.7 Å². The monoisotopic (exact) mass is 492 g/mol. The van der Waals surface area contributed by atoms with E-state index in [-0.39, 0.29) is 18.3 Å². The Morgan fingerprint density at radius 1 is 1.25 bits per heavy atom. The molecule has 3 aromatic rings. The SMILES string of the molecule is COC(=O)c1c(NC(=O)CSc2nnc(COc3ccc(Cl)cc3)n2C)sc2c1CCC2. The summed E-state index contributed by atoms with van der Waals surface area (Å²) in [6.07, 6.45) is 2.78. The molecule has 0 spiro atoms. The fraction of sp³-hybridized carbons (Fsp3) is 0.333. The molecule has 8 nitrogen and oxygen atoms in total. The highest BCUT2D eigenvalue weighted by Crippen LogP contribution is 2.39. The standard InChI is InChI=1S/C21H21ClN4O4S2/c1-26-16(10-30-13-8-6-12(22)7-9-13)24-25-21(26)31-11-17(27)23-19-18(20(28)29-2)14-4-3-5-15(14)32-19/h6-9H,3-5,10-11H2,1-2H3,(H,23,27). The van der Waals surface area contributed by atoms with Gasteiger partial charge in [-0.3, -0.25) is 4.79 Å². The van der Waals surface area contributed by atoms with Crippen LogP contribution in [0.2, 0.25) is 5.02 Å². The Morgan fingerprint density at radius 2 is 2.03 bits per heavy atom. The number of ether oxygens (including phenoxy) is 2. The zero-order valence-electron chi connectivity index (χ0n) is 17.5. The van der Waals surface area contributed by atoms with E-state index in [9.17, 15) is 9.59 Å². The normalized spacial score (nSPS) is 12.5. The zero-order valence-corrected chi connectivity index (χ0v) is 19.9. The Bertz CT molecular complexity index is 1140. The number of aryl methyl sites for hydroxylation is 1. The Balaban J connectivity index is 1.35. The number of benzene rings is 1. The van der Waals surface area contributed by atoms with Crippen LogP contribution in [-0.2, 0) is 36.0 Å². The molecule has 2 aromatic heterocycles. The summed E-state index contributed by atoms with van der Waals surface area (Å²) in [5, 5.41) is 12.9. The summed E-state index contributed by atoms with van der Waals surface area (Å²) in [4.78, 5) is 25.9. The molecule has 2 heterocycles. The summed E-state index contributed by atoms with van der Waals surface area (Å²) in [5.74, 6) is 0.807. The van der Waals surface area contributed by atoms with Crippen LogP contribution in [0, 0.1) is 0 Å². The van der Waals surface area contributed by atoms with Crippen molar-refractivity contribution < 1.29 is 19.1 Å². The Kier molecular flexibility index (Phi) is 7.02. The van der Waals surface area contributed by atoms with E-state index in [1.807, 2.05) is 7.05 Å². The maximum Gasteiger partial charge on any atom is 0.341 e. The van der Waals surface area contributed by atoms with Crippen LogP contribution in [-0.4, -0.2) is 39.5 Å². The van der Waals surface area contributed by atoms with Gasteiger partial charge >= 0.3 is 5.97 Å². The van der Waals surface area contributed by atoms with Gasteiger partial charge in [-0.15, -0.1) is 21.5 Å². The van der Waals surface area contributed by atoms with Crippen molar-refractivity contribution >= 4 is 51.6 Å². The van der Waals surface area contributed by atoms with E-state index < -0.39 is 5.97 Å². The van der Waals surface area contributed by atoms with Crippen molar-refractivity contribution in [2.75, 3.05) is 18.2 Å². The Labute approximate surface area is 198 Å². The third-order valence-electron chi connectivity index (χ3n) is 5.00. The van der Waals surface area contributed by atoms with E-state index in [1.165, 1.54) is 30.2 Å². The highest BCUT2D eigenvalue weighted by atomic mass is 35.5. The van der Waals surface area contributed by atoms with Gasteiger partial charge in [-0.05, 0) is 49.1 Å². The first-order valence-electron chi connectivity index (χ1n) is 9.88. The quantitative estimate of drug-likeness (QED) is 0.373. The number of anilines is 1. The smallest absolute Gasteiger partial charge is 0.341 e. The van der Waals surface area contributed by atoms with Crippen LogP contribution in [0.3, 0.4) is 0 Å². The number of nitrogens with zero attached hydrogens (tertiary/aromatic N) is 3. The fourth-order valence-corrected chi connectivity index (χ4v) is 5.53. The van der Waals surface area contributed by atoms with Crippen molar-refractivity contribution in [3.05, 3.63) is 51.1 Å². The van der Waals surface area contributed by atoms with E-state index in [0.29, 0.717) is 32.3 Å². The first kappa shape index (κ1) is 22.6. The number of thioether (sulfide) groups is 1. The zero-order chi connectivity index (χ0) is 22.7. The number of thiophene rings is 1. The van der Waals surface area contributed by atoms with Gasteiger partial charge in [-0.1, -0.05) is 23.4 Å². The van der Waals surface area contributed by atoms with Crippen LogP contribution in [0.15, 0.2) is 29.4 Å².